The van der Waals surface area contributed by atoms with Crippen LogP contribution in [0.3, 0.4) is 0 Å². The van der Waals surface area contributed by atoms with Crippen LogP contribution in [-0.2, 0) is 9.53 Å². The van der Waals surface area contributed by atoms with Crippen molar-refractivity contribution in [3.63, 3.8) is 0 Å². The van der Waals surface area contributed by atoms with Crippen molar-refractivity contribution in [2.24, 2.45) is 5.73 Å². The zero-order valence-electron chi connectivity index (χ0n) is 10.2. The van der Waals surface area contributed by atoms with Crippen molar-refractivity contribution >= 4 is 5.91 Å². The number of nitrogens with zero attached hydrogens (tertiary/aromatic N) is 1. The lowest BCUT2D eigenvalue weighted by atomic mass is 10.1. The fourth-order valence-corrected chi connectivity index (χ4v) is 2.11. The van der Waals surface area contributed by atoms with E-state index >= 15 is 0 Å². The van der Waals surface area contributed by atoms with Gasteiger partial charge in [0.1, 0.15) is 0 Å². The first-order chi connectivity index (χ1) is 7.63. The molecule has 1 aliphatic heterocycles. The van der Waals surface area contributed by atoms with E-state index in [2.05, 4.69) is 17.1 Å². The molecule has 0 aromatic carbocycles. The predicted octanol–water partition coefficient (Wildman–Crippen LogP) is -0.439. The van der Waals surface area contributed by atoms with Crippen LogP contribution in [0.2, 0.25) is 0 Å². The highest BCUT2D eigenvalue weighted by atomic mass is 16.5. The summed E-state index contributed by atoms with van der Waals surface area (Å²) in [5.74, 6) is -0.262. The van der Waals surface area contributed by atoms with E-state index in [4.69, 9.17) is 10.5 Å². The molecule has 0 radical (unpaired) electrons. The van der Waals surface area contributed by atoms with Crippen molar-refractivity contribution < 1.29 is 9.53 Å². The average Bonchev–Trinajstić information content (AvgIpc) is 2.26. The molecule has 3 N–H and O–H groups in total. The molecule has 1 saturated heterocycles. The maximum absolute atomic E-state index is 10.9. The summed E-state index contributed by atoms with van der Waals surface area (Å²) in [5.41, 5.74) is 5.22. The van der Waals surface area contributed by atoms with Crippen LogP contribution in [0.5, 0.6) is 0 Å². The lowest BCUT2D eigenvalue weighted by Gasteiger charge is -2.32. The molecule has 2 atom stereocenters. The molecule has 5 heteroatoms. The Morgan fingerprint density at radius 2 is 2.44 bits per heavy atom. The van der Waals surface area contributed by atoms with E-state index < -0.39 is 0 Å². The molecule has 0 saturated carbocycles. The normalized spacial score (nSPS) is 23.3. The summed E-state index contributed by atoms with van der Waals surface area (Å²) >= 11 is 0. The van der Waals surface area contributed by atoms with E-state index in [1.165, 1.54) is 0 Å². The van der Waals surface area contributed by atoms with Crippen LogP contribution in [0.25, 0.3) is 0 Å². The second-order valence-electron chi connectivity index (χ2n) is 4.34. The van der Waals surface area contributed by atoms with E-state index in [0.717, 1.165) is 32.7 Å². The molecule has 0 aromatic rings. The van der Waals surface area contributed by atoms with E-state index in [0.29, 0.717) is 18.6 Å². The molecule has 1 rings (SSSR count). The SMILES string of the molecule is CCN(CC(N)=O)C(C)CC1COCCN1. The first-order valence-electron chi connectivity index (χ1n) is 5.97. The Hall–Kier alpha value is -0.650. The van der Waals surface area contributed by atoms with Gasteiger partial charge in [-0.1, -0.05) is 6.92 Å². The first-order valence-corrected chi connectivity index (χ1v) is 5.97. The van der Waals surface area contributed by atoms with Crippen molar-refractivity contribution in [3.8, 4) is 0 Å². The number of amides is 1. The Morgan fingerprint density at radius 1 is 1.69 bits per heavy atom. The van der Waals surface area contributed by atoms with Crippen molar-refractivity contribution in [1.29, 1.82) is 0 Å². The smallest absolute Gasteiger partial charge is 0.231 e. The molecule has 5 nitrogen and oxygen atoms in total. The highest BCUT2D eigenvalue weighted by Crippen LogP contribution is 2.08. The van der Waals surface area contributed by atoms with Gasteiger partial charge in [-0.3, -0.25) is 9.69 Å². The van der Waals surface area contributed by atoms with E-state index in [-0.39, 0.29) is 5.91 Å². The number of carbonyl (C=O) groups excluding carboxylic acids is 1. The van der Waals surface area contributed by atoms with Crippen LogP contribution in [0.15, 0.2) is 0 Å². The van der Waals surface area contributed by atoms with Gasteiger partial charge in [-0.25, -0.2) is 0 Å². The number of ether oxygens (including phenoxy) is 1. The number of carbonyl (C=O) groups is 1. The van der Waals surface area contributed by atoms with E-state index in [9.17, 15) is 4.79 Å². The maximum Gasteiger partial charge on any atom is 0.231 e. The zero-order valence-corrected chi connectivity index (χ0v) is 10.2. The van der Waals surface area contributed by atoms with Gasteiger partial charge < -0.3 is 15.8 Å². The van der Waals surface area contributed by atoms with Crippen LogP contribution in [0.1, 0.15) is 20.3 Å². The van der Waals surface area contributed by atoms with Crippen molar-refractivity contribution in [2.45, 2.75) is 32.4 Å². The van der Waals surface area contributed by atoms with Gasteiger partial charge in [-0.2, -0.15) is 0 Å². The third-order valence-corrected chi connectivity index (χ3v) is 3.01. The topological polar surface area (TPSA) is 67.6 Å². The van der Waals surface area contributed by atoms with Gasteiger partial charge >= 0.3 is 0 Å². The van der Waals surface area contributed by atoms with Crippen molar-refractivity contribution in [2.75, 3.05) is 32.8 Å². The number of hydrogen-bond acceptors (Lipinski definition) is 4. The van der Waals surface area contributed by atoms with Gasteiger partial charge in [0.25, 0.3) is 0 Å². The minimum absolute atomic E-state index is 0.262. The molecular formula is C11H23N3O2. The molecule has 0 bridgehead atoms. The van der Waals surface area contributed by atoms with Gasteiger partial charge in [0, 0.05) is 18.6 Å². The Morgan fingerprint density at radius 3 is 2.94 bits per heavy atom. The average molecular weight is 229 g/mol. The molecule has 0 aliphatic carbocycles. The molecule has 16 heavy (non-hydrogen) atoms. The Labute approximate surface area is 97.3 Å². The number of primary amides is 1. The van der Waals surface area contributed by atoms with Crippen LogP contribution in [-0.4, -0.2) is 55.7 Å². The first kappa shape index (κ1) is 13.4. The second kappa shape index (κ2) is 6.83. The Kier molecular flexibility index (Phi) is 5.73. The minimum atomic E-state index is -0.262. The molecule has 1 fully saturated rings. The van der Waals surface area contributed by atoms with Crippen molar-refractivity contribution in [1.82, 2.24) is 10.2 Å². The molecule has 1 aliphatic rings. The van der Waals surface area contributed by atoms with Crippen LogP contribution >= 0.6 is 0 Å². The number of morpholine rings is 1. The molecule has 1 heterocycles. The van der Waals surface area contributed by atoms with Gasteiger partial charge in [0.2, 0.25) is 5.91 Å². The largest absolute Gasteiger partial charge is 0.379 e. The third kappa shape index (κ3) is 4.47. The summed E-state index contributed by atoms with van der Waals surface area (Å²) in [6.07, 6.45) is 0.987. The standard InChI is InChI=1S/C11H23N3O2/c1-3-14(7-11(12)15)9(2)6-10-8-16-5-4-13-10/h9-10,13H,3-8H2,1-2H3,(H2,12,15). The quantitative estimate of drug-likeness (QED) is 0.648. The lowest BCUT2D eigenvalue weighted by molar-refractivity contribution is -0.119. The van der Waals surface area contributed by atoms with Gasteiger partial charge in [0.15, 0.2) is 0 Å². The maximum atomic E-state index is 10.9. The van der Waals surface area contributed by atoms with Gasteiger partial charge in [-0.05, 0) is 19.9 Å². The predicted molar refractivity (Wildman–Crippen MR) is 63.1 cm³/mol. The fraction of sp³-hybridized carbons (Fsp3) is 0.909. The van der Waals surface area contributed by atoms with Crippen LogP contribution < -0.4 is 11.1 Å². The highest BCUT2D eigenvalue weighted by molar-refractivity contribution is 5.75. The van der Waals surface area contributed by atoms with Crippen LogP contribution in [0.4, 0.5) is 0 Å². The fourth-order valence-electron chi connectivity index (χ4n) is 2.11. The number of likely N-dealkylation sites (N-methyl/N-ethyl adjacent to an activating group) is 1. The van der Waals surface area contributed by atoms with Crippen molar-refractivity contribution in [3.05, 3.63) is 0 Å². The second-order valence-corrected chi connectivity index (χ2v) is 4.34. The summed E-state index contributed by atoms with van der Waals surface area (Å²) < 4.78 is 5.40. The molecular weight excluding hydrogens is 206 g/mol. The molecule has 0 aromatic heterocycles. The zero-order chi connectivity index (χ0) is 12.0. The molecule has 0 spiro atoms. The number of hydrogen-bond donors (Lipinski definition) is 2. The minimum Gasteiger partial charge on any atom is -0.379 e. The third-order valence-electron chi connectivity index (χ3n) is 3.01. The summed E-state index contributed by atoms with van der Waals surface area (Å²) in [6, 6.07) is 0.738. The molecule has 94 valence electrons. The Bertz CT molecular complexity index is 217. The number of nitrogens with two attached hydrogens (primary N) is 1. The summed E-state index contributed by atoms with van der Waals surface area (Å²) in [5, 5.41) is 3.41. The molecule has 2 unspecified atom stereocenters. The summed E-state index contributed by atoms with van der Waals surface area (Å²) in [6.45, 7) is 7.83. The lowest BCUT2D eigenvalue weighted by Crippen LogP contribution is -2.47. The van der Waals surface area contributed by atoms with Gasteiger partial charge in [-0.15, -0.1) is 0 Å². The summed E-state index contributed by atoms with van der Waals surface area (Å²) in [4.78, 5) is 13.0. The van der Waals surface area contributed by atoms with Crippen LogP contribution in [0, 0.1) is 0 Å². The van der Waals surface area contributed by atoms with E-state index in [1.54, 1.807) is 0 Å². The highest BCUT2D eigenvalue weighted by Gasteiger charge is 2.20. The van der Waals surface area contributed by atoms with E-state index in [1.807, 2.05) is 6.92 Å². The summed E-state index contributed by atoms with van der Waals surface area (Å²) in [7, 11) is 0. The number of nitrogens with one attached hydrogen (secondary N) is 1. The van der Waals surface area contributed by atoms with Gasteiger partial charge in [0.05, 0.1) is 19.8 Å². The molecule has 1 amide bonds. The monoisotopic (exact) mass is 229 g/mol. The Balaban J connectivity index is 2.35. The number of rotatable bonds is 6.